The quantitative estimate of drug-likeness (QED) is 0.758. The van der Waals surface area contributed by atoms with E-state index < -0.39 is 11.5 Å². The Bertz CT molecular complexity index is 501. The molecule has 2 N–H and O–H groups in total. The van der Waals surface area contributed by atoms with Crippen LogP contribution < -0.4 is 10.1 Å². The molecule has 2 rings (SSSR count). The monoisotopic (exact) mass is 291 g/mol. The van der Waals surface area contributed by atoms with Crippen LogP contribution >= 0.6 is 0 Å². The van der Waals surface area contributed by atoms with Gasteiger partial charge in [-0.1, -0.05) is 6.07 Å². The van der Waals surface area contributed by atoms with Gasteiger partial charge in [0.1, 0.15) is 11.3 Å². The second-order valence-corrected chi connectivity index (χ2v) is 5.98. The van der Waals surface area contributed by atoms with E-state index in [0.717, 1.165) is 12.2 Å². The first kappa shape index (κ1) is 15.8. The van der Waals surface area contributed by atoms with Gasteiger partial charge in [0, 0.05) is 0 Å². The van der Waals surface area contributed by atoms with Crippen molar-refractivity contribution in [2.24, 2.45) is 0 Å². The number of fused-ring (bicyclic) bond motifs is 1. The molecular weight excluding hydrogens is 266 g/mol. The Balaban J connectivity index is 1.82. The smallest absolute Gasteiger partial charge is 0.323 e. The van der Waals surface area contributed by atoms with E-state index in [1.54, 1.807) is 14.0 Å². The molecule has 1 atom stereocenters. The molecule has 21 heavy (non-hydrogen) atoms. The van der Waals surface area contributed by atoms with E-state index in [9.17, 15) is 9.90 Å². The van der Waals surface area contributed by atoms with Gasteiger partial charge in [-0.05, 0) is 75.8 Å². The van der Waals surface area contributed by atoms with E-state index in [4.69, 9.17) is 4.74 Å². The van der Waals surface area contributed by atoms with Crippen molar-refractivity contribution in [3.63, 3.8) is 0 Å². The lowest BCUT2D eigenvalue weighted by atomic mass is 9.92. The average Bonchev–Trinajstić information content (AvgIpc) is 2.51. The van der Waals surface area contributed by atoms with Crippen LogP contribution in [0.25, 0.3) is 0 Å². The van der Waals surface area contributed by atoms with E-state index in [0.29, 0.717) is 19.4 Å². The standard InChI is InChI=1S/C17H25NO3/c1-17(18-2,16(19)20)10-5-11-21-15-9-8-13-6-3-4-7-14(13)12-15/h8-9,12,18H,3-7,10-11H2,1-2H3,(H,19,20). The second kappa shape index (κ2) is 6.94. The van der Waals surface area contributed by atoms with Gasteiger partial charge in [-0.15, -0.1) is 0 Å². The number of aliphatic carboxylic acids is 1. The molecule has 1 aromatic carbocycles. The Kier molecular flexibility index (Phi) is 5.23. The summed E-state index contributed by atoms with van der Waals surface area (Å²) >= 11 is 0. The zero-order valence-electron chi connectivity index (χ0n) is 12.9. The highest BCUT2D eigenvalue weighted by molar-refractivity contribution is 5.78. The summed E-state index contributed by atoms with van der Waals surface area (Å²) < 4.78 is 5.77. The highest BCUT2D eigenvalue weighted by Crippen LogP contribution is 2.25. The predicted octanol–water partition coefficient (Wildman–Crippen LogP) is 2.79. The maximum absolute atomic E-state index is 11.2. The number of ether oxygens (including phenoxy) is 1. The topological polar surface area (TPSA) is 58.6 Å². The molecule has 0 saturated heterocycles. The molecule has 1 unspecified atom stereocenters. The summed E-state index contributed by atoms with van der Waals surface area (Å²) in [7, 11) is 1.68. The molecule has 0 saturated carbocycles. The van der Waals surface area contributed by atoms with Crippen LogP contribution in [0.2, 0.25) is 0 Å². The molecule has 0 fully saturated rings. The highest BCUT2D eigenvalue weighted by atomic mass is 16.5. The van der Waals surface area contributed by atoms with E-state index >= 15 is 0 Å². The number of rotatable bonds is 7. The van der Waals surface area contributed by atoms with Crippen LogP contribution in [0.5, 0.6) is 5.75 Å². The summed E-state index contributed by atoms with van der Waals surface area (Å²) in [5, 5.41) is 12.0. The Hall–Kier alpha value is -1.55. The van der Waals surface area contributed by atoms with Crippen molar-refractivity contribution >= 4 is 5.97 Å². The minimum Gasteiger partial charge on any atom is -0.494 e. The Morgan fingerprint density at radius 2 is 2.05 bits per heavy atom. The fourth-order valence-corrected chi connectivity index (χ4v) is 2.75. The van der Waals surface area contributed by atoms with Gasteiger partial charge in [-0.3, -0.25) is 4.79 Å². The maximum atomic E-state index is 11.2. The van der Waals surface area contributed by atoms with Gasteiger partial charge >= 0.3 is 5.97 Å². The molecule has 1 aliphatic carbocycles. The van der Waals surface area contributed by atoms with E-state index in [-0.39, 0.29) is 0 Å². The van der Waals surface area contributed by atoms with Crippen LogP contribution in [0.4, 0.5) is 0 Å². The lowest BCUT2D eigenvalue weighted by Gasteiger charge is -2.24. The molecule has 0 radical (unpaired) electrons. The van der Waals surface area contributed by atoms with Crippen molar-refractivity contribution in [2.45, 2.75) is 51.0 Å². The van der Waals surface area contributed by atoms with E-state index in [2.05, 4.69) is 17.4 Å². The van der Waals surface area contributed by atoms with Crippen LogP contribution in [0.1, 0.15) is 43.7 Å². The molecule has 1 aliphatic rings. The van der Waals surface area contributed by atoms with E-state index in [1.807, 2.05) is 6.07 Å². The number of hydrogen-bond acceptors (Lipinski definition) is 3. The van der Waals surface area contributed by atoms with Gasteiger partial charge in [0.05, 0.1) is 6.61 Å². The lowest BCUT2D eigenvalue weighted by molar-refractivity contribution is -0.144. The Labute approximate surface area is 126 Å². The van der Waals surface area contributed by atoms with Crippen LogP contribution in [0, 0.1) is 0 Å². The molecule has 4 heteroatoms. The molecule has 0 bridgehead atoms. The van der Waals surface area contributed by atoms with Crippen molar-refractivity contribution in [3.8, 4) is 5.75 Å². The predicted molar refractivity (Wildman–Crippen MR) is 82.9 cm³/mol. The maximum Gasteiger partial charge on any atom is 0.323 e. The highest BCUT2D eigenvalue weighted by Gasteiger charge is 2.30. The summed E-state index contributed by atoms with van der Waals surface area (Å²) in [4.78, 5) is 11.2. The number of likely N-dealkylation sites (N-methyl/N-ethyl adjacent to an activating group) is 1. The van der Waals surface area contributed by atoms with Gasteiger partial charge in [0.2, 0.25) is 0 Å². The fraction of sp³-hybridized carbons (Fsp3) is 0.588. The van der Waals surface area contributed by atoms with Crippen molar-refractivity contribution in [3.05, 3.63) is 29.3 Å². The zero-order valence-corrected chi connectivity index (χ0v) is 12.9. The molecule has 0 amide bonds. The molecule has 116 valence electrons. The largest absolute Gasteiger partial charge is 0.494 e. The second-order valence-electron chi connectivity index (χ2n) is 5.98. The Morgan fingerprint density at radius 3 is 2.71 bits per heavy atom. The average molecular weight is 291 g/mol. The Morgan fingerprint density at radius 1 is 1.33 bits per heavy atom. The van der Waals surface area contributed by atoms with E-state index in [1.165, 1.54) is 30.4 Å². The molecule has 0 spiro atoms. The zero-order chi connectivity index (χ0) is 15.3. The van der Waals surface area contributed by atoms with Crippen LogP contribution in [-0.4, -0.2) is 30.3 Å². The summed E-state index contributed by atoms with van der Waals surface area (Å²) in [6.45, 7) is 2.25. The molecule has 0 heterocycles. The normalized spacial score (nSPS) is 16.9. The van der Waals surface area contributed by atoms with Crippen LogP contribution in [0.15, 0.2) is 18.2 Å². The van der Waals surface area contributed by atoms with Crippen LogP contribution in [-0.2, 0) is 17.6 Å². The number of hydrogen-bond donors (Lipinski definition) is 2. The fourth-order valence-electron chi connectivity index (χ4n) is 2.75. The first-order valence-corrected chi connectivity index (χ1v) is 7.72. The number of nitrogens with one attached hydrogen (secondary N) is 1. The lowest BCUT2D eigenvalue weighted by Crippen LogP contribution is -2.47. The van der Waals surface area contributed by atoms with Crippen molar-refractivity contribution in [2.75, 3.05) is 13.7 Å². The SMILES string of the molecule is CNC(C)(CCCOc1ccc2c(c1)CCCC2)C(=O)O. The third-order valence-electron chi connectivity index (χ3n) is 4.43. The summed E-state index contributed by atoms with van der Waals surface area (Å²) in [6.07, 6.45) is 6.11. The first-order chi connectivity index (χ1) is 10.0. The van der Waals surface area contributed by atoms with Crippen LogP contribution in [0.3, 0.4) is 0 Å². The van der Waals surface area contributed by atoms with Gasteiger partial charge in [-0.25, -0.2) is 0 Å². The van der Waals surface area contributed by atoms with Crippen molar-refractivity contribution in [1.29, 1.82) is 0 Å². The summed E-state index contributed by atoms with van der Waals surface area (Å²) in [5.41, 5.74) is 1.98. The number of aryl methyl sites for hydroxylation is 2. The van der Waals surface area contributed by atoms with Gasteiger partial charge in [0.15, 0.2) is 0 Å². The molecular formula is C17H25NO3. The van der Waals surface area contributed by atoms with Gasteiger partial charge < -0.3 is 15.2 Å². The molecule has 0 aromatic heterocycles. The number of carboxylic acids is 1. The summed E-state index contributed by atoms with van der Waals surface area (Å²) in [6, 6.07) is 6.33. The minimum atomic E-state index is -0.876. The molecule has 0 aliphatic heterocycles. The first-order valence-electron chi connectivity index (χ1n) is 7.72. The minimum absolute atomic E-state index is 0.545. The number of benzene rings is 1. The molecule has 4 nitrogen and oxygen atoms in total. The van der Waals surface area contributed by atoms with Crippen molar-refractivity contribution in [1.82, 2.24) is 5.32 Å². The van der Waals surface area contributed by atoms with Crippen molar-refractivity contribution < 1.29 is 14.6 Å². The third kappa shape index (κ3) is 3.97. The molecule has 1 aromatic rings. The number of carboxylic acid groups (broad SMARTS) is 1. The van der Waals surface area contributed by atoms with Gasteiger partial charge in [-0.2, -0.15) is 0 Å². The van der Waals surface area contributed by atoms with Gasteiger partial charge in [0.25, 0.3) is 0 Å². The third-order valence-corrected chi connectivity index (χ3v) is 4.43. The summed E-state index contributed by atoms with van der Waals surface area (Å²) in [5.74, 6) is 0.0796. The number of carbonyl (C=O) groups is 1.